The highest BCUT2D eigenvalue weighted by molar-refractivity contribution is 5.30. The largest absolute Gasteiger partial charge is 0.368 e. The van der Waals surface area contributed by atoms with Crippen LogP contribution in [0.4, 0.5) is 11.9 Å². The summed E-state index contributed by atoms with van der Waals surface area (Å²) in [6, 6.07) is 0. The van der Waals surface area contributed by atoms with Gasteiger partial charge in [-0.25, -0.2) is 0 Å². The second kappa shape index (κ2) is 11.3. The minimum Gasteiger partial charge on any atom is -0.368 e. The SMILES string of the molecule is CCCCCCCCCc1nc(N)nc(NCCCC)n1. The molecule has 0 fully saturated rings. The van der Waals surface area contributed by atoms with Gasteiger partial charge in [0.25, 0.3) is 0 Å². The number of unbranched alkanes of at least 4 members (excludes halogenated alkanes) is 7. The molecule has 0 aliphatic heterocycles. The molecule has 0 aliphatic rings. The zero-order valence-corrected chi connectivity index (χ0v) is 13.7. The molecule has 0 atom stereocenters. The van der Waals surface area contributed by atoms with E-state index in [1.165, 1.54) is 38.5 Å². The topological polar surface area (TPSA) is 76.7 Å². The molecule has 1 rings (SSSR count). The first kappa shape index (κ1) is 17.7. The third-order valence-corrected chi connectivity index (χ3v) is 3.52. The second-order valence-corrected chi connectivity index (χ2v) is 5.59. The molecular weight excluding hydrogens is 262 g/mol. The van der Waals surface area contributed by atoms with Crippen molar-refractivity contribution in [3.05, 3.63) is 5.82 Å². The van der Waals surface area contributed by atoms with E-state index in [4.69, 9.17) is 5.73 Å². The minimum absolute atomic E-state index is 0.321. The molecule has 3 N–H and O–H groups in total. The Kier molecular flexibility index (Phi) is 9.49. The Hall–Kier alpha value is -1.39. The van der Waals surface area contributed by atoms with Crippen molar-refractivity contribution in [2.75, 3.05) is 17.6 Å². The first-order valence-corrected chi connectivity index (χ1v) is 8.50. The smallest absolute Gasteiger partial charge is 0.227 e. The average molecular weight is 293 g/mol. The lowest BCUT2D eigenvalue weighted by atomic mass is 10.1. The van der Waals surface area contributed by atoms with Gasteiger partial charge in [0, 0.05) is 13.0 Å². The molecule has 0 radical (unpaired) electrons. The number of hydrogen-bond donors (Lipinski definition) is 2. The Bertz CT molecular complexity index is 381. The van der Waals surface area contributed by atoms with E-state index < -0.39 is 0 Å². The maximum atomic E-state index is 5.75. The molecule has 120 valence electrons. The predicted octanol–water partition coefficient (Wildman–Crippen LogP) is 3.96. The van der Waals surface area contributed by atoms with Gasteiger partial charge in [-0.1, -0.05) is 58.8 Å². The summed E-state index contributed by atoms with van der Waals surface area (Å²) in [6.45, 7) is 5.30. The molecule has 0 aromatic carbocycles. The van der Waals surface area contributed by atoms with Gasteiger partial charge in [0.1, 0.15) is 5.82 Å². The van der Waals surface area contributed by atoms with Gasteiger partial charge in [0.15, 0.2) is 0 Å². The molecule has 0 spiro atoms. The Morgan fingerprint density at radius 1 is 0.810 bits per heavy atom. The van der Waals surface area contributed by atoms with Gasteiger partial charge in [0.2, 0.25) is 11.9 Å². The van der Waals surface area contributed by atoms with Gasteiger partial charge in [0.05, 0.1) is 0 Å². The minimum atomic E-state index is 0.321. The molecule has 21 heavy (non-hydrogen) atoms. The van der Waals surface area contributed by atoms with E-state index in [0.29, 0.717) is 11.9 Å². The number of anilines is 2. The Morgan fingerprint density at radius 3 is 2.19 bits per heavy atom. The van der Waals surface area contributed by atoms with Crippen molar-refractivity contribution < 1.29 is 0 Å². The number of aryl methyl sites for hydroxylation is 1. The zero-order valence-electron chi connectivity index (χ0n) is 13.7. The molecule has 0 bridgehead atoms. The van der Waals surface area contributed by atoms with Crippen molar-refractivity contribution >= 4 is 11.9 Å². The number of nitrogens with one attached hydrogen (secondary N) is 1. The number of nitrogens with zero attached hydrogens (tertiary/aromatic N) is 3. The molecule has 1 aromatic heterocycles. The van der Waals surface area contributed by atoms with Gasteiger partial charge < -0.3 is 11.1 Å². The van der Waals surface area contributed by atoms with Crippen LogP contribution in [0.3, 0.4) is 0 Å². The third kappa shape index (κ3) is 8.48. The van der Waals surface area contributed by atoms with Crippen LogP contribution in [0, 0.1) is 0 Å². The summed E-state index contributed by atoms with van der Waals surface area (Å²) in [5, 5.41) is 3.21. The molecule has 0 saturated heterocycles. The van der Waals surface area contributed by atoms with E-state index in [9.17, 15) is 0 Å². The summed E-state index contributed by atoms with van der Waals surface area (Å²) >= 11 is 0. The quantitative estimate of drug-likeness (QED) is 0.570. The van der Waals surface area contributed by atoms with Gasteiger partial charge >= 0.3 is 0 Å². The molecule has 1 aromatic rings. The van der Waals surface area contributed by atoms with Gasteiger partial charge in [-0.2, -0.15) is 15.0 Å². The standard InChI is InChI=1S/C16H31N5/c1-3-5-7-8-9-10-11-12-14-19-15(17)21-16(20-14)18-13-6-4-2/h3-13H2,1-2H3,(H3,17,18,19,20,21). The Balaban J connectivity index is 2.27. The summed E-state index contributed by atoms with van der Waals surface area (Å²) in [4.78, 5) is 12.8. The van der Waals surface area contributed by atoms with Crippen LogP contribution in [0.15, 0.2) is 0 Å². The van der Waals surface area contributed by atoms with E-state index in [2.05, 4.69) is 34.1 Å². The summed E-state index contributed by atoms with van der Waals surface area (Å²) in [6.07, 6.45) is 12.2. The fourth-order valence-electron chi connectivity index (χ4n) is 2.25. The molecule has 0 unspecified atom stereocenters. The van der Waals surface area contributed by atoms with Crippen LogP contribution >= 0.6 is 0 Å². The lowest BCUT2D eigenvalue weighted by Gasteiger charge is -2.07. The average Bonchev–Trinajstić information content (AvgIpc) is 2.46. The summed E-state index contributed by atoms with van der Waals surface area (Å²) in [5.74, 6) is 1.76. The van der Waals surface area contributed by atoms with E-state index >= 15 is 0 Å². The fourth-order valence-corrected chi connectivity index (χ4v) is 2.25. The molecule has 0 amide bonds. The summed E-state index contributed by atoms with van der Waals surface area (Å²) in [7, 11) is 0. The molecule has 0 saturated carbocycles. The number of nitrogen functional groups attached to an aromatic ring is 1. The maximum absolute atomic E-state index is 5.75. The van der Waals surface area contributed by atoms with E-state index in [1.54, 1.807) is 0 Å². The lowest BCUT2D eigenvalue weighted by Crippen LogP contribution is -2.10. The zero-order chi connectivity index (χ0) is 15.3. The van der Waals surface area contributed by atoms with E-state index in [1.807, 2.05) is 0 Å². The first-order chi connectivity index (χ1) is 10.3. The number of nitrogens with two attached hydrogens (primary N) is 1. The van der Waals surface area contributed by atoms with Crippen LogP contribution in [-0.4, -0.2) is 21.5 Å². The van der Waals surface area contributed by atoms with Crippen LogP contribution in [0.1, 0.15) is 77.5 Å². The molecule has 5 heteroatoms. The van der Waals surface area contributed by atoms with Crippen LogP contribution in [0.5, 0.6) is 0 Å². The van der Waals surface area contributed by atoms with Gasteiger partial charge in [-0.15, -0.1) is 0 Å². The van der Waals surface area contributed by atoms with Crippen LogP contribution in [0.25, 0.3) is 0 Å². The Morgan fingerprint density at radius 2 is 1.48 bits per heavy atom. The molecule has 5 nitrogen and oxygen atoms in total. The van der Waals surface area contributed by atoms with Gasteiger partial charge in [-0.05, 0) is 12.8 Å². The Labute approximate surface area is 129 Å². The maximum Gasteiger partial charge on any atom is 0.227 e. The first-order valence-electron chi connectivity index (χ1n) is 8.50. The van der Waals surface area contributed by atoms with Crippen molar-refractivity contribution in [3.63, 3.8) is 0 Å². The number of aromatic nitrogens is 3. The van der Waals surface area contributed by atoms with Crippen molar-refractivity contribution in [1.82, 2.24) is 15.0 Å². The van der Waals surface area contributed by atoms with E-state index in [0.717, 1.165) is 38.1 Å². The molecule has 0 aliphatic carbocycles. The van der Waals surface area contributed by atoms with Crippen molar-refractivity contribution in [2.45, 2.75) is 78.1 Å². The third-order valence-electron chi connectivity index (χ3n) is 3.52. The highest BCUT2D eigenvalue weighted by Crippen LogP contribution is 2.10. The van der Waals surface area contributed by atoms with Crippen LogP contribution in [-0.2, 0) is 6.42 Å². The highest BCUT2D eigenvalue weighted by atomic mass is 15.2. The van der Waals surface area contributed by atoms with Gasteiger partial charge in [-0.3, -0.25) is 0 Å². The normalized spacial score (nSPS) is 10.8. The van der Waals surface area contributed by atoms with Crippen molar-refractivity contribution in [3.8, 4) is 0 Å². The van der Waals surface area contributed by atoms with Crippen molar-refractivity contribution in [2.24, 2.45) is 0 Å². The lowest BCUT2D eigenvalue weighted by molar-refractivity contribution is 0.584. The predicted molar refractivity (Wildman–Crippen MR) is 89.3 cm³/mol. The molecular formula is C16H31N5. The van der Waals surface area contributed by atoms with Crippen LogP contribution < -0.4 is 11.1 Å². The fraction of sp³-hybridized carbons (Fsp3) is 0.812. The van der Waals surface area contributed by atoms with Crippen LogP contribution in [0.2, 0.25) is 0 Å². The second-order valence-electron chi connectivity index (χ2n) is 5.59. The van der Waals surface area contributed by atoms with E-state index in [-0.39, 0.29) is 0 Å². The van der Waals surface area contributed by atoms with Crippen molar-refractivity contribution in [1.29, 1.82) is 0 Å². The number of rotatable bonds is 12. The molecule has 1 heterocycles. The summed E-state index contributed by atoms with van der Waals surface area (Å²) < 4.78 is 0. The number of hydrogen-bond acceptors (Lipinski definition) is 5. The summed E-state index contributed by atoms with van der Waals surface area (Å²) in [5.41, 5.74) is 5.75. The monoisotopic (exact) mass is 293 g/mol. The highest BCUT2D eigenvalue weighted by Gasteiger charge is 2.04.